The predicted octanol–water partition coefficient (Wildman–Crippen LogP) is 2.68. The summed E-state index contributed by atoms with van der Waals surface area (Å²) in [6.07, 6.45) is -4.58. The number of rotatable bonds is 3. The van der Waals surface area contributed by atoms with E-state index in [0.29, 0.717) is 0 Å². The van der Waals surface area contributed by atoms with Crippen LogP contribution in [0.25, 0.3) is 0 Å². The van der Waals surface area contributed by atoms with Crippen molar-refractivity contribution >= 4 is 29.0 Å². The monoisotopic (exact) mass is 309 g/mol. The van der Waals surface area contributed by atoms with Gasteiger partial charge >= 0.3 is 6.18 Å². The van der Waals surface area contributed by atoms with Gasteiger partial charge in [0.05, 0.1) is 11.5 Å². The summed E-state index contributed by atoms with van der Waals surface area (Å²) in [5, 5.41) is 13.1. The topological polar surface area (TPSA) is 87.7 Å². The lowest BCUT2D eigenvalue weighted by Crippen LogP contribution is -2.32. The van der Waals surface area contributed by atoms with Gasteiger partial charge in [-0.2, -0.15) is 13.2 Å². The van der Waals surface area contributed by atoms with E-state index in [0.717, 1.165) is 18.2 Å². The third-order valence-electron chi connectivity index (χ3n) is 2.45. The lowest BCUT2D eigenvalue weighted by molar-refractivity contribution is -0.137. The highest BCUT2D eigenvalue weighted by molar-refractivity contribution is 6.31. The SMILES string of the molecule is CC(C(=O)Nc1cc(Cl)cc(C(F)(F)F)c1)/C(N)=N/O. The van der Waals surface area contributed by atoms with Gasteiger partial charge in [0.1, 0.15) is 0 Å². The van der Waals surface area contributed by atoms with Gasteiger partial charge in [-0.25, -0.2) is 0 Å². The minimum atomic E-state index is -4.58. The molecule has 9 heteroatoms. The van der Waals surface area contributed by atoms with Crippen LogP contribution in [-0.2, 0) is 11.0 Å². The number of carbonyl (C=O) groups excluding carboxylic acids is 1. The number of hydrogen-bond donors (Lipinski definition) is 3. The van der Waals surface area contributed by atoms with Crippen LogP contribution in [0.4, 0.5) is 18.9 Å². The van der Waals surface area contributed by atoms with E-state index < -0.39 is 23.6 Å². The van der Waals surface area contributed by atoms with Gasteiger partial charge in [-0.1, -0.05) is 16.8 Å². The Balaban J connectivity index is 2.99. The molecule has 0 saturated heterocycles. The molecule has 1 amide bonds. The zero-order valence-corrected chi connectivity index (χ0v) is 11.0. The van der Waals surface area contributed by atoms with Crippen LogP contribution in [-0.4, -0.2) is 17.0 Å². The van der Waals surface area contributed by atoms with Crippen LogP contribution in [0.1, 0.15) is 12.5 Å². The number of halogens is 4. The molecule has 20 heavy (non-hydrogen) atoms. The number of hydrogen-bond acceptors (Lipinski definition) is 3. The van der Waals surface area contributed by atoms with Crippen LogP contribution in [0.15, 0.2) is 23.4 Å². The molecule has 0 aromatic heterocycles. The molecule has 110 valence electrons. The van der Waals surface area contributed by atoms with Crippen molar-refractivity contribution in [3.63, 3.8) is 0 Å². The molecule has 1 unspecified atom stereocenters. The van der Waals surface area contributed by atoms with Gasteiger partial charge in [0, 0.05) is 10.7 Å². The highest BCUT2D eigenvalue weighted by Crippen LogP contribution is 2.33. The molecule has 0 bridgehead atoms. The number of benzene rings is 1. The molecule has 4 N–H and O–H groups in total. The van der Waals surface area contributed by atoms with Crippen molar-refractivity contribution in [2.75, 3.05) is 5.32 Å². The van der Waals surface area contributed by atoms with Crippen molar-refractivity contribution in [2.45, 2.75) is 13.1 Å². The summed E-state index contributed by atoms with van der Waals surface area (Å²) in [7, 11) is 0. The van der Waals surface area contributed by atoms with E-state index in [4.69, 9.17) is 22.5 Å². The van der Waals surface area contributed by atoms with Crippen LogP contribution < -0.4 is 11.1 Å². The second-order valence-electron chi connectivity index (χ2n) is 3.96. The number of nitrogens with two attached hydrogens (primary N) is 1. The second kappa shape index (κ2) is 6.00. The maximum absolute atomic E-state index is 12.6. The van der Waals surface area contributed by atoms with E-state index >= 15 is 0 Å². The van der Waals surface area contributed by atoms with E-state index in [2.05, 4.69) is 10.5 Å². The number of nitrogens with zero attached hydrogens (tertiary/aromatic N) is 1. The highest BCUT2D eigenvalue weighted by atomic mass is 35.5. The quantitative estimate of drug-likeness (QED) is 0.347. The fourth-order valence-corrected chi connectivity index (χ4v) is 1.53. The zero-order valence-electron chi connectivity index (χ0n) is 10.2. The average Bonchev–Trinajstić information content (AvgIpc) is 2.35. The fraction of sp³-hybridized carbons (Fsp3) is 0.273. The number of amides is 1. The van der Waals surface area contributed by atoms with Crippen molar-refractivity contribution in [1.29, 1.82) is 0 Å². The van der Waals surface area contributed by atoms with E-state index in [1.165, 1.54) is 6.92 Å². The van der Waals surface area contributed by atoms with Crippen molar-refractivity contribution in [3.8, 4) is 0 Å². The minimum absolute atomic E-state index is 0.132. The van der Waals surface area contributed by atoms with Crippen LogP contribution in [0.2, 0.25) is 5.02 Å². The molecule has 0 saturated carbocycles. The molecular formula is C11H11ClF3N3O2. The number of anilines is 1. The summed E-state index contributed by atoms with van der Waals surface area (Å²) in [6.45, 7) is 1.33. The zero-order chi connectivity index (χ0) is 15.5. The number of carbonyl (C=O) groups is 1. The van der Waals surface area contributed by atoms with Crippen molar-refractivity contribution < 1.29 is 23.2 Å². The highest BCUT2D eigenvalue weighted by Gasteiger charge is 2.31. The molecule has 1 atom stereocenters. The van der Waals surface area contributed by atoms with Gasteiger partial charge in [-0.05, 0) is 25.1 Å². The summed E-state index contributed by atoms with van der Waals surface area (Å²) < 4.78 is 37.7. The minimum Gasteiger partial charge on any atom is -0.409 e. The molecule has 1 aromatic carbocycles. The fourth-order valence-electron chi connectivity index (χ4n) is 1.30. The molecular weight excluding hydrogens is 299 g/mol. The third kappa shape index (κ3) is 4.02. The normalized spacial score (nSPS) is 13.9. The first kappa shape index (κ1) is 16.1. The maximum atomic E-state index is 12.6. The number of alkyl halides is 3. The first-order valence-electron chi connectivity index (χ1n) is 5.31. The van der Waals surface area contributed by atoms with Crippen LogP contribution >= 0.6 is 11.6 Å². The van der Waals surface area contributed by atoms with E-state index in [-0.39, 0.29) is 16.5 Å². The summed E-state index contributed by atoms with van der Waals surface area (Å²) in [4.78, 5) is 11.7. The Bertz CT molecular complexity index is 546. The van der Waals surface area contributed by atoms with E-state index in [9.17, 15) is 18.0 Å². The molecule has 0 aliphatic carbocycles. The lowest BCUT2D eigenvalue weighted by atomic mass is 10.1. The first-order valence-corrected chi connectivity index (χ1v) is 5.69. The summed E-state index contributed by atoms with van der Waals surface area (Å²) in [5.74, 6) is -2.09. The molecule has 5 nitrogen and oxygen atoms in total. The Morgan fingerprint density at radius 1 is 1.45 bits per heavy atom. The Hall–Kier alpha value is -1.96. The summed E-state index contributed by atoms with van der Waals surface area (Å²) in [6, 6.07) is 2.64. The molecule has 0 aliphatic rings. The Morgan fingerprint density at radius 3 is 2.55 bits per heavy atom. The Kier molecular flexibility index (Phi) is 4.83. The summed E-state index contributed by atoms with van der Waals surface area (Å²) >= 11 is 5.57. The maximum Gasteiger partial charge on any atom is 0.416 e. The molecule has 0 fully saturated rings. The summed E-state index contributed by atoms with van der Waals surface area (Å²) in [5.41, 5.74) is 4.11. The molecule has 1 rings (SSSR count). The average molecular weight is 310 g/mol. The first-order chi connectivity index (χ1) is 9.15. The lowest BCUT2D eigenvalue weighted by Gasteiger charge is -2.13. The largest absolute Gasteiger partial charge is 0.416 e. The molecule has 0 aliphatic heterocycles. The standard InChI is InChI=1S/C11H11ClF3N3O2/c1-5(9(16)18-20)10(19)17-8-3-6(11(13,14)15)2-7(12)4-8/h2-5,20H,1H3,(H2,16,18)(H,17,19). The Labute approximate surface area is 117 Å². The van der Waals surface area contributed by atoms with Crippen LogP contribution in [0, 0.1) is 5.92 Å². The predicted molar refractivity (Wildman–Crippen MR) is 67.7 cm³/mol. The molecule has 1 aromatic rings. The molecule has 0 spiro atoms. The van der Waals surface area contributed by atoms with E-state index in [1.807, 2.05) is 0 Å². The molecule has 0 heterocycles. The van der Waals surface area contributed by atoms with Crippen molar-refractivity contribution in [1.82, 2.24) is 0 Å². The van der Waals surface area contributed by atoms with Gasteiger partial charge in [-0.3, -0.25) is 4.79 Å². The molecule has 0 radical (unpaired) electrons. The second-order valence-corrected chi connectivity index (χ2v) is 4.40. The van der Waals surface area contributed by atoms with Crippen molar-refractivity contribution in [3.05, 3.63) is 28.8 Å². The number of amidine groups is 1. The van der Waals surface area contributed by atoms with Crippen LogP contribution in [0.5, 0.6) is 0 Å². The van der Waals surface area contributed by atoms with Gasteiger partial charge in [0.15, 0.2) is 5.84 Å². The van der Waals surface area contributed by atoms with Gasteiger partial charge in [0.2, 0.25) is 5.91 Å². The van der Waals surface area contributed by atoms with Gasteiger partial charge < -0.3 is 16.3 Å². The Morgan fingerprint density at radius 2 is 2.05 bits per heavy atom. The smallest absolute Gasteiger partial charge is 0.409 e. The number of oxime groups is 1. The van der Waals surface area contributed by atoms with Crippen LogP contribution in [0.3, 0.4) is 0 Å². The van der Waals surface area contributed by atoms with Gasteiger partial charge in [-0.15, -0.1) is 0 Å². The van der Waals surface area contributed by atoms with E-state index in [1.54, 1.807) is 0 Å². The van der Waals surface area contributed by atoms with Gasteiger partial charge in [0.25, 0.3) is 0 Å². The van der Waals surface area contributed by atoms with Crippen molar-refractivity contribution in [2.24, 2.45) is 16.8 Å². The third-order valence-corrected chi connectivity index (χ3v) is 2.66. The number of nitrogens with one attached hydrogen (secondary N) is 1.